The van der Waals surface area contributed by atoms with E-state index in [9.17, 15) is 23.9 Å². The summed E-state index contributed by atoms with van der Waals surface area (Å²) in [5.41, 5.74) is 1.23. The number of benzene rings is 1. The lowest BCUT2D eigenvalue weighted by Gasteiger charge is -2.29. The molecule has 36 heavy (non-hydrogen) atoms. The molecule has 190 valence electrons. The molecular formula is C23H26FN7O5. The lowest BCUT2D eigenvalue weighted by molar-refractivity contribution is -0.120. The zero-order valence-electron chi connectivity index (χ0n) is 19.4. The Labute approximate surface area is 205 Å². The monoisotopic (exact) mass is 499 g/mol. The Morgan fingerprint density at radius 1 is 1.14 bits per heavy atom. The van der Waals surface area contributed by atoms with E-state index < -0.39 is 24.1 Å². The van der Waals surface area contributed by atoms with Crippen molar-refractivity contribution in [2.45, 2.75) is 31.8 Å². The van der Waals surface area contributed by atoms with E-state index in [0.29, 0.717) is 37.0 Å². The number of pyridine rings is 1. The summed E-state index contributed by atoms with van der Waals surface area (Å²) >= 11 is 0. The van der Waals surface area contributed by atoms with Gasteiger partial charge in [-0.25, -0.2) is 19.0 Å². The van der Waals surface area contributed by atoms with Crippen molar-refractivity contribution in [1.29, 1.82) is 0 Å². The van der Waals surface area contributed by atoms with Gasteiger partial charge < -0.3 is 25.8 Å². The number of hydrogen-bond donors (Lipinski definition) is 6. The summed E-state index contributed by atoms with van der Waals surface area (Å²) < 4.78 is 18.4. The number of hydrogen-bond acceptors (Lipinski definition) is 6. The third kappa shape index (κ3) is 6.05. The van der Waals surface area contributed by atoms with Crippen molar-refractivity contribution in [3.05, 3.63) is 47.9 Å². The van der Waals surface area contributed by atoms with E-state index in [0.717, 1.165) is 5.56 Å². The van der Waals surface area contributed by atoms with Gasteiger partial charge in [0, 0.05) is 25.5 Å². The molecule has 12 nitrogen and oxygen atoms in total. The van der Waals surface area contributed by atoms with E-state index in [1.165, 1.54) is 18.3 Å². The van der Waals surface area contributed by atoms with Gasteiger partial charge in [-0.2, -0.15) is 5.10 Å². The van der Waals surface area contributed by atoms with Gasteiger partial charge in [0.05, 0.1) is 16.9 Å². The quantitative estimate of drug-likeness (QED) is 0.290. The molecule has 2 aromatic heterocycles. The zero-order chi connectivity index (χ0) is 25.7. The highest BCUT2D eigenvalue weighted by atomic mass is 19.1. The summed E-state index contributed by atoms with van der Waals surface area (Å²) in [4.78, 5) is 40.7. The summed E-state index contributed by atoms with van der Waals surface area (Å²) in [5.74, 6) is -0.674. The minimum Gasteiger partial charge on any atom is -0.465 e. The van der Waals surface area contributed by atoms with Crippen molar-refractivity contribution >= 4 is 40.6 Å². The molecule has 0 saturated carbocycles. The average molecular weight is 500 g/mol. The second kappa shape index (κ2) is 11.0. The number of amides is 4. The van der Waals surface area contributed by atoms with Crippen LogP contribution in [0.3, 0.4) is 0 Å². The lowest BCUT2D eigenvalue weighted by atomic mass is 9.91. The first-order valence-electron chi connectivity index (χ1n) is 11.4. The standard InChI is InChI=1S/C23H26FN7O5/c1-12(13-2-4-15(24)5-3-13)26-22(33)27-18-10-17-16(11-25-18)20(31-30-17)29-21(32)19(28-23(34)35)14-6-8-36-9-7-14/h2-5,10-12,14,19,28H,6-9H2,1H3,(H,34,35)(H2,25,26,27,33)(H2,29,30,31,32)/t12-,19+/m1/s1. The van der Waals surface area contributed by atoms with Crippen molar-refractivity contribution in [3.63, 3.8) is 0 Å². The van der Waals surface area contributed by atoms with Crippen LogP contribution in [-0.2, 0) is 9.53 Å². The van der Waals surface area contributed by atoms with Crippen molar-refractivity contribution in [3.8, 4) is 0 Å². The topological polar surface area (TPSA) is 170 Å². The van der Waals surface area contributed by atoms with Gasteiger partial charge in [0.2, 0.25) is 5.91 Å². The van der Waals surface area contributed by atoms with E-state index in [1.54, 1.807) is 25.1 Å². The highest BCUT2D eigenvalue weighted by molar-refractivity contribution is 6.03. The summed E-state index contributed by atoms with van der Waals surface area (Å²) in [6.07, 6.45) is 1.25. The number of carbonyl (C=O) groups excluding carboxylic acids is 2. The first kappa shape index (κ1) is 24.9. The Balaban J connectivity index is 1.41. The molecule has 1 aliphatic heterocycles. The molecule has 2 atom stereocenters. The Kier molecular flexibility index (Phi) is 7.59. The number of fused-ring (bicyclic) bond motifs is 1. The minimum atomic E-state index is -1.29. The molecule has 0 aliphatic carbocycles. The summed E-state index contributed by atoms with van der Waals surface area (Å²) in [5, 5.41) is 26.9. The summed E-state index contributed by atoms with van der Waals surface area (Å²) in [6, 6.07) is 5.52. The molecule has 1 aromatic carbocycles. The van der Waals surface area contributed by atoms with Crippen LogP contribution in [-0.4, -0.2) is 57.6 Å². The maximum Gasteiger partial charge on any atom is 0.405 e. The molecule has 3 aromatic rings. The van der Waals surface area contributed by atoms with Crippen molar-refractivity contribution in [2.24, 2.45) is 5.92 Å². The smallest absolute Gasteiger partial charge is 0.405 e. The molecule has 13 heteroatoms. The third-order valence-corrected chi connectivity index (χ3v) is 5.95. The first-order valence-corrected chi connectivity index (χ1v) is 11.4. The van der Waals surface area contributed by atoms with E-state index in [4.69, 9.17) is 4.74 Å². The molecule has 3 heterocycles. The van der Waals surface area contributed by atoms with Gasteiger partial charge in [-0.1, -0.05) is 12.1 Å². The molecule has 1 saturated heterocycles. The molecule has 0 bridgehead atoms. The number of rotatable bonds is 7. The predicted molar refractivity (Wildman–Crippen MR) is 128 cm³/mol. The Bertz CT molecular complexity index is 1240. The van der Waals surface area contributed by atoms with Crippen LogP contribution < -0.4 is 21.3 Å². The number of anilines is 2. The normalized spacial score (nSPS) is 15.6. The number of H-pyrrole nitrogens is 1. The Morgan fingerprint density at radius 2 is 1.86 bits per heavy atom. The number of urea groups is 1. The number of aromatic nitrogens is 3. The molecular weight excluding hydrogens is 473 g/mol. The number of carbonyl (C=O) groups is 3. The molecule has 6 N–H and O–H groups in total. The van der Waals surface area contributed by atoms with E-state index in [1.807, 2.05) is 0 Å². The van der Waals surface area contributed by atoms with Crippen LogP contribution in [0.25, 0.3) is 10.9 Å². The zero-order valence-corrected chi connectivity index (χ0v) is 19.4. The second-order valence-corrected chi connectivity index (χ2v) is 8.43. The number of nitrogens with one attached hydrogen (secondary N) is 5. The van der Waals surface area contributed by atoms with Crippen LogP contribution in [0.2, 0.25) is 0 Å². The number of halogens is 1. The molecule has 4 amide bonds. The molecule has 0 unspecified atom stereocenters. The maximum atomic E-state index is 13.1. The van der Waals surface area contributed by atoms with Crippen molar-refractivity contribution in [1.82, 2.24) is 25.8 Å². The highest BCUT2D eigenvalue weighted by Crippen LogP contribution is 2.24. The van der Waals surface area contributed by atoms with Gasteiger partial charge in [-0.15, -0.1) is 0 Å². The fourth-order valence-electron chi connectivity index (χ4n) is 4.03. The number of carboxylic acid groups (broad SMARTS) is 1. The average Bonchev–Trinajstić information content (AvgIpc) is 3.25. The second-order valence-electron chi connectivity index (χ2n) is 8.43. The van der Waals surface area contributed by atoms with Crippen LogP contribution in [0.4, 0.5) is 25.6 Å². The SMILES string of the molecule is C[C@@H](NC(=O)Nc1cc2[nH]nc(NC(=O)[C@@H](NC(=O)O)C3CCOCC3)c2cn1)c1ccc(F)cc1. The van der Waals surface area contributed by atoms with E-state index in [2.05, 4.69) is 36.4 Å². The lowest BCUT2D eigenvalue weighted by Crippen LogP contribution is -2.49. The minimum absolute atomic E-state index is 0.188. The van der Waals surface area contributed by atoms with Crippen molar-refractivity contribution in [2.75, 3.05) is 23.8 Å². The molecule has 4 rings (SSSR count). The van der Waals surface area contributed by atoms with E-state index in [-0.39, 0.29) is 29.4 Å². The Hall–Kier alpha value is -4.26. The maximum absolute atomic E-state index is 13.1. The van der Waals surface area contributed by atoms with Crippen LogP contribution in [0.15, 0.2) is 36.5 Å². The number of nitrogens with zero attached hydrogens (tertiary/aromatic N) is 2. The van der Waals surface area contributed by atoms with Gasteiger partial charge in [-0.3, -0.25) is 15.2 Å². The number of ether oxygens (including phenoxy) is 1. The summed E-state index contributed by atoms with van der Waals surface area (Å²) in [6.45, 7) is 2.67. The highest BCUT2D eigenvalue weighted by Gasteiger charge is 2.32. The van der Waals surface area contributed by atoms with Gasteiger partial charge in [0.15, 0.2) is 5.82 Å². The fraction of sp³-hybridized carbons (Fsp3) is 0.348. The number of aromatic amines is 1. The van der Waals surface area contributed by atoms with Gasteiger partial charge in [0.25, 0.3) is 0 Å². The van der Waals surface area contributed by atoms with Crippen molar-refractivity contribution < 1.29 is 28.6 Å². The Morgan fingerprint density at radius 3 is 2.56 bits per heavy atom. The van der Waals surface area contributed by atoms with Gasteiger partial charge >= 0.3 is 12.1 Å². The predicted octanol–water partition coefficient (Wildman–Crippen LogP) is 2.98. The van der Waals surface area contributed by atoms with Gasteiger partial charge in [-0.05, 0) is 43.4 Å². The third-order valence-electron chi connectivity index (χ3n) is 5.95. The molecule has 1 fully saturated rings. The molecule has 0 spiro atoms. The summed E-state index contributed by atoms with van der Waals surface area (Å²) in [7, 11) is 0. The van der Waals surface area contributed by atoms with E-state index >= 15 is 0 Å². The van der Waals surface area contributed by atoms with Crippen LogP contribution in [0.1, 0.15) is 31.4 Å². The first-order chi connectivity index (χ1) is 17.3. The van der Waals surface area contributed by atoms with Crippen LogP contribution in [0, 0.1) is 11.7 Å². The van der Waals surface area contributed by atoms with Gasteiger partial charge in [0.1, 0.15) is 17.7 Å². The fourth-order valence-corrected chi connectivity index (χ4v) is 4.03. The van der Waals surface area contributed by atoms with Crippen LogP contribution >= 0.6 is 0 Å². The van der Waals surface area contributed by atoms with Crippen LogP contribution in [0.5, 0.6) is 0 Å². The molecule has 1 aliphatic rings. The molecule has 0 radical (unpaired) electrons. The largest absolute Gasteiger partial charge is 0.465 e.